The minimum absolute atomic E-state index is 0.0611. The summed E-state index contributed by atoms with van der Waals surface area (Å²) in [5.41, 5.74) is 0. The molecule has 2 aliphatic rings. The quantitative estimate of drug-likeness (QED) is 0.657. The topological polar surface area (TPSA) is 86.8 Å². The van der Waals surface area contributed by atoms with Gasteiger partial charge in [-0.25, -0.2) is 8.42 Å². The normalized spacial score (nSPS) is 21.0. The van der Waals surface area contributed by atoms with Gasteiger partial charge in [0.15, 0.2) is 0 Å². The summed E-state index contributed by atoms with van der Waals surface area (Å²) in [4.78, 5) is 30.7. The van der Waals surface area contributed by atoms with E-state index in [-0.39, 0.29) is 16.0 Å². The van der Waals surface area contributed by atoms with E-state index in [2.05, 4.69) is 4.72 Å². The van der Waals surface area contributed by atoms with E-state index >= 15 is 0 Å². The molecule has 0 unspecified atom stereocenters. The number of nitrogens with zero attached hydrogens (tertiary/aromatic N) is 2. The number of thiophene rings is 2. The first-order valence-corrected chi connectivity index (χ1v) is 13.7. The monoisotopic (exact) mass is 501 g/mol. The van der Waals surface area contributed by atoms with Gasteiger partial charge in [-0.15, -0.1) is 22.7 Å². The fraction of sp³-hybridized carbons (Fsp3) is 0.500. The van der Waals surface area contributed by atoms with Crippen LogP contribution in [0.5, 0.6) is 0 Å². The maximum absolute atomic E-state index is 12.9. The molecule has 31 heavy (non-hydrogen) atoms. The largest absolute Gasteiger partial charge is 0.341 e. The van der Waals surface area contributed by atoms with Crippen LogP contribution in [0, 0.1) is 0 Å². The molecule has 2 saturated heterocycles. The molecule has 2 atom stereocenters. The van der Waals surface area contributed by atoms with Gasteiger partial charge in [0.25, 0.3) is 10.0 Å². The molecule has 2 aliphatic heterocycles. The van der Waals surface area contributed by atoms with Gasteiger partial charge >= 0.3 is 0 Å². The summed E-state index contributed by atoms with van der Waals surface area (Å²) in [6.45, 7) is 3.52. The van der Waals surface area contributed by atoms with Crippen LogP contribution in [0.4, 0.5) is 0 Å². The lowest BCUT2D eigenvalue weighted by Gasteiger charge is -2.32. The van der Waals surface area contributed by atoms with Gasteiger partial charge < -0.3 is 9.80 Å². The summed E-state index contributed by atoms with van der Waals surface area (Å²) in [7, 11) is -3.85. The standard InChI is InChI=1S/C20H24ClN3O4S3/c1-13(19(25)23-10-3-2-4-11-23)24-12-9-14(20(24)26)22-31(27,28)18-8-6-16(30-18)15-5-7-17(21)29-15/h5-8,13-14,22H,2-4,9-12H2,1H3/t13-,14-/m0/s1. The number of halogens is 1. The average molecular weight is 502 g/mol. The molecular formula is C20H24ClN3O4S3. The van der Waals surface area contributed by atoms with E-state index < -0.39 is 22.1 Å². The van der Waals surface area contributed by atoms with E-state index in [0.717, 1.165) is 53.4 Å². The molecule has 2 aromatic heterocycles. The molecule has 0 radical (unpaired) electrons. The van der Waals surface area contributed by atoms with Gasteiger partial charge in [-0.3, -0.25) is 9.59 Å². The van der Waals surface area contributed by atoms with Gasteiger partial charge in [0.1, 0.15) is 16.3 Å². The fourth-order valence-electron chi connectivity index (χ4n) is 4.00. The molecule has 7 nitrogen and oxygen atoms in total. The molecule has 2 aromatic rings. The number of hydrogen-bond acceptors (Lipinski definition) is 6. The molecule has 1 N–H and O–H groups in total. The Morgan fingerprint density at radius 1 is 1.10 bits per heavy atom. The zero-order valence-corrected chi connectivity index (χ0v) is 20.2. The minimum atomic E-state index is -3.85. The Balaban J connectivity index is 1.42. The summed E-state index contributed by atoms with van der Waals surface area (Å²) in [5, 5.41) is 0. The summed E-state index contributed by atoms with van der Waals surface area (Å²) < 4.78 is 29.1. The van der Waals surface area contributed by atoms with Crippen molar-refractivity contribution in [3.63, 3.8) is 0 Å². The summed E-state index contributed by atoms with van der Waals surface area (Å²) in [6.07, 6.45) is 3.42. The molecule has 0 aromatic carbocycles. The van der Waals surface area contributed by atoms with E-state index in [1.54, 1.807) is 19.1 Å². The molecule has 0 saturated carbocycles. The third-order valence-electron chi connectivity index (χ3n) is 5.69. The third kappa shape index (κ3) is 4.83. The lowest BCUT2D eigenvalue weighted by molar-refractivity contribution is -0.143. The molecule has 11 heteroatoms. The number of sulfonamides is 1. The van der Waals surface area contributed by atoms with Gasteiger partial charge in [0.05, 0.1) is 4.34 Å². The SMILES string of the molecule is C[C@@H](C(=O)N1CCCCC1)N1CC[C@H](NS(=O)(=O)c2ccc(-c3ccc(Cl)s3)s2)C1=O. The number of likely N-dealkylation sites (tertiary alicyclic amines) is 2. The van der Waals surface area contributed by atoms with Gasteiger partial charge in [-0.1, -0.05) is 11.6 Å². The van der Waals surface area contributed by atoms with Crippen LogP contribution >= 0.6 is 34.3 Å². The molecule has 0 bridgehead atoms. The van der Waals surface area contributed by atoms with E-state index in [0.29, 0.717) is 17.3 Å². The first-order chi connectivity index (χ1) is 14.8. The van der Waals surface area contributed by atoms with Crippen LogP contribution in [0.25, 0.3) is 9.75 Å². The average Bonchev–Trinajstić information content (AvgIpc) is 3.49. The Bertz CT molecular complexity index is 1080. The number of carbonyl (C=O) groups is 2. The van der Waals surface area contributed by atoms with E-state index in [1.807, 2.05) is 11.0 Å². The number of nitrogens with one attached hydrogen (secondary N) is 1. The van der Waals surface area contributed by atoms with Gasteiger partial charge in [0.2, 0.25) is 11.8 Å². The highest BCUT2D eigenvalue weighted by atomic mass is 35.5. The Kier molecular flexibility index (Phi) is 6.73. The zero-order chi connectivity index (χ0) is 22.2. The maximum atomic E-state index is 12.9. The molecule has 2 amide bonds. The molecule has 0 spiro atoms. The van der Waals surface area contributed by atoms with Crippen LogP contribution in [0.15, 0.2) is 28.5 Å². The second-order valence-electron chi connectivity index (χ2n) is 7.78. The smallest absolute Gasteiger partial charge is 0.250 e. The van der Waals surface area contributed by atoms with Crippen molar-refractivity contribution >= 4 is 56.1 Å². The number of amides is 2. The fourth-order valence-corrected chi connectivity index (χ4v) is 7.68. The highest BCUT2D eigenvalue weighted by Gasteiger charge is 2.40. The number of carbonyl (C=O) groups excluding carboxylic acids is 2. The Morgan fingerprint density at radius 3 is 2.45 bits per heavy atom. The van der Waals surface area contributed by atoms with Gasteiger partial charge in [0, 0.05) is 29.4 Å². The van der Waals surface area contributed by atoms with Crippen molar-refractivity contribution in [1.29, 1.82) is 0 Å². The van der Waals surface area contributed by atoms with Crippen molar-refractivity contribution in [2.75, 3.05) is 19.6 Å². The van der Waals surface area contributed by atoms with Crippen LogP contribution < -0.4 is 4.72 Å². The zero-order valence-electron chi connectivity index (χ0n) is 17.0. The first kappa shape index (κ1) is 22.7. The highest BCUT2D eigenvalue weighted by molar-refractivity contribution is 7.91. The van der Waals surface area contributed by atoms with Crippen molar-refractivity contribution in [1.82, 2.24) is 14.5 Å². The van der Waals surface area contributed by atoms with Crippen molar-refractivity contribution in [2.45, 2.75) is 48.9 Å². The molecule has 4 rings (SSSR count). The molecular weight excluding hydrogens is 478 g/mol. The van der Waals surface area contributed by atoms with Crippen LogP contribution in [-0.2, 0) is 19.6 Å². The van der Waals surface area contributed by atoms with E-state index in [4.69, 9.17) is 11.6 Å². The Hall–Kier alpha value is -1.46. The third-order valence-corrected chi connectivity index (χ3v) is 10.2. The lowest BCUT2D eigenvalue weighted by Crippen LogP contribution is -2.51. The molecule has 168 valence electrons. The van der Waals surface area contributed by atoms with E-state index in [1.165, 1.54) is 22.3 Å². The van der Waals surface area contributed by atoms with E-state index in [9.17, 15) is 18.0 Å². The maximum Gasteiger partial charge on any atom is 0.250 e. The Morgan fingerprint density at radius 2 is 1.77 bits per heavy atom. The number of piperidine rings is 1. The van der Waals surface area contributed by atoms with Crippen molar-refractivity contribution in [3.8, 4) is 9.75 Å². The lowest BCUT2D eigenvalue weighted by atomic mass is 10.1. The molecule has 2 fully saturated rings. The second-order valence-corrected chi connectivity index (χ2v) is 12.5. The van der Waals surface area contributed by atoms with Crippen LogP contribution in [-0.4, -0.2) is 61.7 Å². The number of hydrogen-bond donors (Lipinski definition) is 1. The summed E-state index contributed by atoms with van der Waals surface area (Å²) >= 11 is 8.49. The predicted molar refractivity (Wildman–Crippen MR) is 123 cm³/mol. The second kappa shape index (κ2) is 9.19. The Labute approximate surface area is 195 Å². The minimum Gasteiger partial charge on any atom is -0.341 e. The van der Waals surface area contributed by atoms with Crippen molar-refractivity contribution < 1.29 is 18.0 Å². The molecule has 4 heterocycles. The predicted octanol–water partition coefficient (Wildman–Crippen LogP) is 3.41. The van der Waals surface area contributed by atoms with Gasteiger partial charge in [-0.05, 0) is 56.9 Å². The first-order valence-electron chi connectivity index (χ1n) is 10.2. The van der Waals surface area contributed by atoms with Crippen LogP contribution in [0.2, 0.25) is 4.34 Å². The summed E-state index contributed by atoms with van der Waals surface area (Å²) in [5.74, 6) is -0.405. The van der Waals surface area contributed by atoms with Crippen LogP contribution in [0.1, 0.15) is 32.6 Å². The highest BCUT2D eigenvalue weighted by Crippen LogP contribution is 2.37. The van der Waals surface area contributed by atoms with Crippen molar-refractivity contribution in [2.24, 2.45) is 0 Å². The van der Waals surface area contributed by atoms with Crippen LogP contribution in [0.3, 0.4) is 0 Å². The molecule has 0 aliphatic carbocycles. The number of rotatable bonds is 6. The van der Waals surface area contributed by atoms with Gasteiger partial charge in [-0.2, -0.15) is 4.72 Å². The van der Waals surface area contributed by atoms with Crippen molar-refractivity contribution in [3.05, 3.63) is 28.6 Å². The summed E-state index contributed by atoms with van der Waals surface area (Å²) in [6, 6.07) is 5.45.